The predicted octanol–water partition coefficient (Wildman–Crippen LogP) is 14.1. The number of benzene rings is 6. The molecule has 0 aromatic heterocycles. The lowest BCUT2D eigenvalue weighted by molar-refractivity contribution is 0.557. The van der Waals surface area contributed by atoms with Crippen LogP contribution in [0.2, 0.25) is 0 Å². The first kappa shape index (κ1) is 32.0. The van der Waals surface area contributed by atoms with Crippen LogP contribution >= 0.6 is 0 Å². The van der Waals surface area contributed by atoms with Crippen LogP contribution in [0.3, 0.4) is 0 Å². The minimum atomic E-state index is -0.0212. The standard InChI is InChI=1S/C54H46/c1-33-26-48-50(30-45(33)40-24-25-44-43-18-10-11-19-52(43)54(2,3)53(44)29-40)47(39-23-21-35-13-5-7-15-37(35)28-39)32-49-42-17-9-8-16-41(42)46(31-51(48)49)38-22-20-34-12-4-6-14-36(34)27-38/h5-11,13-19,21-25,27-30,32-34,46H,4,12,20,26,31H2,1-3H3. The third-order valence-electron chi connectivity index (χ3n) is 13.8. The van der Waals surface area contributed by atoms with Crippen LogP contribution in [0.25, 0.3) is 55.8 Å². The van der Waals surface area contributed by atoms with Gasteiger partial charge >= 0.3 is 0 Å². The van der Waals surface area contributed by atoms with Gasteiger partial charge in [-0.15, -0.1) is 0 Å². The lowest BCUT2D eigenvalue weighted by Gasteiger charge is -2.36. The minimum absolute atomic E-state index is 0.0212. The molecule has 11 rings (SSSR count). The van der Waals surface area contributed by atoms with Gasteiger partial charge in [0.05, 0.1) is 0 Å². The van der Waals surface area contributed by atoms with E-state index in [1.807, 2.05) is 0 Å². The van der Waals surface area contributed by atoms with Crippen molar-refractivity contribution in [3.05, 3.63) is 190 Å². The Morgan fingerprint density at radius 1 is 0.593 bits per heavy atom. The summed E-state index contributed by atoms with van der Waals surface area (Å²) in [6, 6.07) is 44.1. The van der Waals surface area contributed by atoms with Gasteiger partial charge in [-0.1, -0.05) is 142 Å². The van der Waals surface area contributed by atoms with E-state index in [9.17, 15) is 0 Å². The van der Waals surface area contributed by atoms with Crippen molar-refractivity contribution in [3.8, 4) is 33.4 Å². The third kappa shape index (κ3) is 4.82. The van der Waals surface area contributed by atoms with Gasteiger partial charge in [0.1, 0.15) is 0 Å². The second-order valence-electron chi connectivity index (χ2n) is 17.1. The Kier molecular flexibility index (Phi) is 7.13. The van der Waals surface area contributed by atoms with Gasteiger partial charge in [0.2, 0.25) is 0 Å². The van der Waals surface area contributed by atoms with E-state index >= 15 is 0 Å². The highest BCUT2D eigenvalue weighted by Gasteiger charge is 2.37. The molecule has 0 heterocycles. The van der Waals surface area contributed by atoms with Gasteiger partial charge in [-0.3, -0.25) is 0 Å². The van der Waals surface area contributed by atoms with E-state index in [2.05, 4.69) is 166 Å². The molecule has 0 saturated carbocycles. The lowest BCUT2D eigenvalue weighted by atomic mass is 9.68. The second kappa shape index (κ2) is 12.0. The molecule has 3 unspecified atom stereocenters. The summed E-state index contributed by atoms with van der Waals surface area (Å²) in [4.78, 5) is 0. The van der Waals surface area contributed by atoms with Crippen molar-refractivity contribution in [3.63, 3.8) is 0 Å². The fourth-order valence-corrected chi connectivity index (χ4v) is 10.9. The van der Waals surface area contributed by atoms with Gasteiger partial charge in [-0.05, 0) is 168 Å². The first-order valence-electron chi connectivity index (χ1n) is 20.2. The van der Waals surface area contributed by atoms with Crippen molar-refractivity contribution in [2.45, 2.75) is 64.2 Å². The zero-order chi connectivity index (χ0) is 36.1. The van der Waals surface area contributed by atoms with Gasteiger partial charge in [-0.25, -0.2) is 0 Å². The van der Waals surface area contributed by atoms with E-state index < -0.39 is 0 Å². The van der Waals surface area contributed by atoms with E-state index in [1.54, 1.807) is 11.1 Å². The Morgan fingerprint density at radius 2 is 1.37 bits per heavy atom. The van der Waals surface area contributed by atoms with Crippen molar-refractivity contribution in [1.29, 1.82) is 0 Å². The molecule has 0 bridgehead atoms. The quantitative estimate of drug-likeness (QED) is 0.173. The molecule has 5 aliphatic carbocycles. The van der Waals surface area contributed by atoms with Crippen molar-refractivity contribution < 1.29 is 0 Å². The molecule has 0 nitrogen and oxygen atoms in total. The van der Waals surface area contributed by atoms with Crippen LogP contribution in [0.1, 0.15) is 84.9 Å². The Balaban J connectivity index is 1.11. The molecule has 0 radical (unpaired) electrons. The van der Waals surface area contributed by atoms with E-state index in [0.717, 1.165) is 12.8 Å². The highest BCUT2D eigenvalue weighted by molar-refractivity contribution is 5.97. The zero-order valence-electron chi connectivity index (χ0n) is 31.6. The number of allylic oxidation sites excluding steroid dienone is 7. The molecule has 0 saturated heterocycles. The molecule has 262 valence electrons. The Morgan fingerprint density at radius 3 is 2.28 bits per heavy atom. The Bertz CT molecular complexity index is 2690. The first-order valence-corrected chi connectivity index (χ1v) is 20.2. The van der Waals surface area contributed by atoms with Gasteiger partial charge < -0.3 is 0 Å². The summed E-state index contributed by atoms with van der Waals surface area (Å²) < 4.78 is 0. The van der Waals surface area contributed by atoms with Crippen molar-refractivity contribution in [2.75, 3.05) is 0 Å². The summed E-state index contributed by atoms with van der Waals surface area (Å²) in [5.41, 5.74) is 23.1. The maximum absolute atomic E-state index is 2.60. The maximum Gasteiger partial charge on any atom is 0.0159 e. The van der Waals surface area contributed by atoms with Crippen molar-refractivity contribution in [1.82, 2.24) is 0 Å². The molecule has 3 atom stereocenters. The molecule has 0 spiro atoms. The summed E-state index contributed by atoms with van der Waals surface area (Å²) in [5, 5.41) is 2.58. The normalized spacial score (nSPS) is 21.5. The predicted molar refractivity (Wildman–Crippen MR) is 229 cm³/mol. The average molecular weight is 695 g/mol. The third-order valence-corrected chi connectivity index (χ3v) is 13.8. The van der Waals surface area contributed by atoms with E-state index in [0.29, 0.717) is 17.8 Å². The highest BCUT2D eigenvalue weighted by atomic mass is 14.4. The van der Waals surface area contributed by atoms with Crippen molar-refractivity contribution >= 4 is 22.4 Å². The van der Waals surface area contributed by atoms with Gasteiger partial charge in [-0.2, -0.15) is 0 Å². The summed E-state index contributed by atoms with van der Waals surface area (Å²) in [7, 11) is 0. The molecule has 54 heavy (non-hydrogen) atoms. The van der Waals surface area contributed by atoms with Crippen LogP contribution in [-0.4, -0.2) is 0 Å². The highest BCUT2D eigenvalue weighted by Crippen LogP contribution is 2.53. The van der Waals surface area contributed by atoms with Gasteiger partial charge in [0.15, 0.2) is 0 Å². The van der Waals surface area contributed by atoms with Gasteiger partial charge in [0, 0.05) is 11.3 Å². The second-order valence-corrected chi connectivity index (χ2v) is 17.1. The molecule has 0 heteroatoms. The fraction of sp³-hybridized carbons (Fsp3) is 0.222. The van der Waals surface area contributed by atoms with E-state index in [4.69, 9.17) is 0 Å². The van der Waals surface area contributed by atoms with Crippen molar-refractivity contribution in [2.24, 2.45) is 11.8 Å². The van der Waals surface area contributed by atoms with E-state index in [-0.39, 0.29) is 5.41 Å². The topological polar surface area (TPSA) is 0 Å². The van der Waals surface area contributed by atoms with Crippen LogP contribution in [0, 0.1) is 11.8 Å². The maximum atomic E-state index is 2.60. The summed E-state index contributed by atoms with van der Waals surface area (Å²) in [5.74, 6) is 1.46. The number of fused-ring (bicyclic) bond motifs is 10. The molecule has 0 amide bonds. The smallest absolute Gasteiger partial charge is 0.0159 e. The summed E-state index contributed by atoms with van der Waals surface area (Å²) in [6.07, 6.45) is 18.3. The van der Waals surface area contributed by atoms with Crippen LogP contribution in [0.4, 0.5) is 0 Å². The van der Waals surface area contributed by atoms with E-state index in [1.165, 1.54) is 108 Å². The monoisotopic (exact) mass is 694 g/mol. The average Bonchev–Trinajstić information content (AvgIpc) is 3.45. The molecular weight excluding hydrogens is 649 g/mol. The van der Waals surface area contributed by atoms with Crippen LogP contribution in [0.5, 0.6) is 0 Å². The largest absolute Gasteiger partial charge is 0.0842 e. The Hall–Kier alpha value is -5.46. The van der Waals surface area contributed by atoms with Crippen LogP contribution in [0.15, 0.2) is 151 Å². The molecule has 0 fully saturated rings. The zero-order valence-corrected chi connectivity index (χ0v) is 31.6. The number of hydrogen-bond donors (Lipinski definition) is 0. The molecule has 6 aromatic carbocycles. The SMILES string of the molecule is CC1Cc2c(c(-c3ccc4ccccc4c3)cc3c2CC(C2=CCC4CCC=CC4=C2)c2ccccc2-3)C=C1c1ccc2c(c1)C(C)(C)c1ccccc1-2. The number of rotatable bonds is 3. The lowest BCUT2D eigenvalue weighted by Crippen LogP contribution is -2.21. The molecular formula is C54H46. The molecule has 5 aliphatic rings. The van der Waals surface area contributed by atoms with Crippen LogP contribution < -0.4 is 0 Å². The Labute approximate surface area is 320 Å². The summed E-state index contributed by atoms with van der Waals surface area (Å²) in [6.45, 7) is 7.27. The number of hydrogen-bond acceptors (Lipinski definition) is 0. The molecule has 0 N–H and O–H groups in total. The fourth-order valence-electron chi connectivity index (χ4n) is 10.9. The van der Waals surface area contributed by atoms with Gasteiger partial charge in [0.25, 0.3) is 0 Å². The summed E-state index contributed by atoms with van der Waals surface area (Å²) >= 11 is 0. The molecule has 6 aromatic rings. The minimum Gasteiger partial charge on any atom is -0.0842 e. The van der Waals surface area contributed by atoms with Crippen LogP contribution in [-0.2, 0) is 18.3 Å². The molecule has 0 aliphatic heterocycles. The first-order chi connectivity index (χ1) is 26.4.